The molecule has 0 atom stereocenters. The van der Waals surface area contributed by atoms with Crippen LogP contribution in [0.4, 0.5) is 26.3 Å². The van der Waals surface area contributed by atoms with Gasteiger partial charge in [-0.25, -0.2) is 19.1 Å². The number of benzene rings is 1. The molecule has 1 fully saturated rings. The molecule has 0 unspecified atom stereocenters. The van der Waals surface area contributed by atoms with E-state index in [0.717, 1.165) is 61.7 Å². The monoisotopic (exact) mass is 723 g/mol. The van der Waals surface area contributed by atoms with Crippen molar-refractivity contribution in [2.45, 2.75) is 51.1 Å². The highest BCUT2D eigenvalue weighted by molar-refractivity contribution is 6.02. The van der Waals surface area contributed by atoms with Crippen LogP contribution in [0.5, 0.6) is 0 Å². The maximum atomic E-state index is 13.6. The molecule has 5 heterocycles. The molecular formula is C33H35F6N7O5. The number of aromatic nitrogens is 4. The van der Waals surface area contributed by atoms with Gasteiger partial charge in [0.15, 0.2) is 5.65 Å². The fraction of sp³-hybridized carbons (Fsp3) is 0.394. The van der Waals surface area contributed by atoms with Crippen molar-refractivity contribution in [1.29, 1.82) is 0 Å². The number of aliphatic carboxylic acids is 2. The number of carbonyl (C=O) groups excluding carboxylic acids is 1. The number of rotatable bonds is 7. The lowest BCUT2D eigenvalue weighted by atomic mass is 10.0. The van der Waals surface area contributed by atoms with Crippen molar-refractivity contribution in [3.63, 3.8) is 0 Å². The van der Waals surface area contributed by atoms with Crippen molar-refractivity contribution in [3.05, 3.63) is 83.4 Å². The van der Waals surface area contributed by atoms with Gasteiger partial charge < -0.3 is 20.4 Å². The fourth-order valence-corrected chi connectivity index (χ4v) is 5.59. The van der Waals surface area contributed by atoms with E-state index < -0.39 is 24.3 Å². The van der Waals surface area contributed by atoms with E-state index in [-0.39, 0.29) is 5.91 Å². The molecule has 51 heavy (non-hydrogen) atoms. The summed E-state index contributed by atoms with van der Waals surface area (Å²) in [5, 5.41) is 22.2. The number of carbonyl (C=O) groups is 3. The topological polar surface area (TPSA) is 153 Å². The SMILES string of the molecule is O=C(NCCN1CCCCC1)c1c2c(n3ncc(-c4ccccc4)nc13)CN(Cc1cccnc1)CC2.O=C(O)C(F)(F)F.O=C(O)C(F)(F)F. The first-order valence-corrected chi connectivity index (χ1v) is 15.8. The molecule has 2 aliphatic heterocycles. The summed E-state index contributed by atoms with van der Waals surface area (Å²) in [6, 6.07) is 14.1. The fourth-order valence-electron chi connectivity index (χ4n) is 5.59. The van der Waals surface area contributed by atoms with Gasteiger partial charge >= 0.3 is 24.3 Å². The third-order valence-electron chi connectivity index (χ3n) is 7.98. The molecule has 6 rings (SSSR count). The molecule has 274 valence electrons. The number of likely N-dealkylation sites (tertiary alicyclic amines) is 1. The van der Waals surface area contributed by atoms with Gasteiger partial charge in [-0.05, 0) is 49.5 Å². The number of pyridine rings is 1. The normalized spacial score (nSPS) is 15.1. The van der Waals surface area contributed by atoms with Gasteiger partial charge in [0.2, 0.25) is 0 Å². The van der Waals surface area contributed by atoms with E-state index in [2.05, 4.69) is 26.2 Å². The number of hydrogen-bond acceptors (Lipinski definition) is 8. The number of piperidine rings is 1. The molecule has 0 spiro atoms. The first kappa shape index (κ1) is 38.7. The van der Waals surface area contributed by atoms with Crippen LogP contribution >= 0.6 is 0 Å². The van der Waals surface area contributed by atoms with E-state index in [1.165, 1.54) is 24.8 Å². The minimum absolute atomic E-state index is 0.0454. The van der Waals surface area contributed by atoms with Crippen molar-refractivity contribution < 1.29 is 50.9 Å². The first-order chi connectivity index (χ1) is 24.1. The second kappa shape index (κ2) is 17.2. The Morgan fingerprint density at radius 2 is 1.47 bits per heavy atom. The number of carboxylic acid groups (broad SMARTS) is 2. The van der Waals surface area contributed by atoms with Crippen molar-refractivity contribution >= 4 is 23.5 Å². The van der Waals surface area contributed by atoms with Crippen LogP contribution in [0.2, 0.25) is 0 Å². The molecule has 1 aromatic carbocycles. The number of carboxylic acids is 2. The van der Waals surface area contributed by atoms with Gasteiger partial charge in [0.05, 0.1) is 23.1 Å². The average Bonchev–Trinajstić information content (AvgIpc) is 3.42. The van der Waals surface area contributed by atoms with E-state index in [1.54, 1.807) is 12.4 Å². The number of halogens is 6. The lowest BCUT2D eigenvalue weighted by Crippen LogP contribution is -2.38. The zero-order valence-corrected chi connectivity index (χ0v) is 27.1. The van der Waals surface area contributed by atoms with Crippen LogP contribution in [0, 0.1) is 0 Å². The Morgan fingerprint density at radius 3 is 2.06 bits per heavy atom. The molecule has 2 aliphatic rings. The van der Waals surface area contributed by atoms with Crippen molar-refractivity contribution in [3.8, 4) is 11.3 Å². The third kappa shape index (κ3) is 10.9. The summed E-state index contributed by atoms with van der Waals surface area (Å²) in [6.07, 6.45) is -0.0475. The van der Waals surface area contributed by atoms with Crippen LogP contribution in [0.3, 0.4) is 0 Å². The summed E-state index contributed by atoms with van der Waals surface area (Å²) in [4.78, 5) is 45.5. The predicted molar refractivity (Wildman–Crippen MR) is 170 cm³/mol. The van der Waals surface area contributed by atoms with Crippen LogP contribution in [-0.4, -0.2) is 103 Å². The molecule has 0 radical (unpaired) electrons. The highest BCUT2D eigenvalue weighted by Gasteiger charge is 2.39. The summed E-state index contributed by atoms with van der Waals surface area (Å²) in [6.45, 7) is 6.18. The van der Waals surface area contributed by atoms with Gasteiger partial charge in [0.25, 0.3) is 5.91 Å². The zero-order valence-electron chi connectivity index (χ0n) is 27.1. The Kier molecular flexibility index (Phi) is 13.1. The number of fused-ring (bicyclic) bond motifs is 3. The molecule has 1 saturated heterocycles. The second-order valence-corrected chi connectivity index (χ2v) is 11.6. The minimum Gasteiger partial charge on any atom is -0.475 e. The molecule has 4 aromatic rings. The summed E-state index contributed by atoms with van der Waals surface area (Å²) in [5.41, 5.74) is 6.40. The second-order valence-electron chi connectivity index (χ2n) is 11.6. The largest absolute Gasteiger partial charge is 0.490 e. The number of nitrogens with zero attached hydrogens (tertiary/aromatic N) is 6. The van der Waals surface area contributed by atoms with Crippen molar-refractivity contribution in [1.82, 2.24) is 34.7 Å². The number of nitrogens with one attached hydrogen (secondary N) is 1. The standard InChI is InChI=1S/C29H33N7O.2C2HF3O2/c37-29(31-13-17-34-14-5-2-6-15-34)27-24-11-16-35(20-22-8-7-12-30-18-22)21-26(24)36-28(27)33-25(19-32-36)23-9-3-1-4-10-23;2*3-2(4,5)1(6)7/h1,3-4,7-10,12,18-19H,2,5-6,11,13-17,20-21H2,(H,31,37);2*(H,6,7). The molecule has 0 aliphatic carbocycles. The van der Waals surface area contributed by atoms with Gasteiger partial charge in [-0.15, -0.1) is 0 Å². The van der Waals surface area contributed by atoms with E-state index in [4.69, 9.17) is 29.9 Å². The Hall–Kier alpha value is -5.10. The molecule has 0 saturated carbocycles. The smallest absolute Gasteiger partial charge is 0.475 e. The highest BCUT2D eigenvalue weighted by atomic mass is 19.4. The van der Waals surface area contributed by atoms with E-state index in [0.29, 0.717) is 24.3 Å². The van der Waals surface area contributed by atoms with Crippen LogP contribution < -0.4 is 5.32 Å². The summed E-state index contributed by atoms with van der Waals surface area (Å²) in [5.74, 6) is -5.56. The third-order valence-corrected chi connectivity index (χ3v) is 7.98. The van der Waals surface area contributed by atoms with Crippen molar-refractivity contribution in [2.75, 3.05) is 32.7 Å². The lowest BCUT2D eigenvalue weighted by molar-refractivity contribution is -0.193. The number of alkyl halides is 6. The number of amides is 1. The molecule has 3 N–H and O–H groups in total. The molecular weight excluding hydrogens is 688 g/mol. The minimum atomic E-state index is -5.08. The quantitative estimate of drug-likeness (QED) is 0.226. The van der Waals surface area contributed by atoms with E-state index >= 15 is 0 Å². The maximum Gasteiger partial charge on any atom is 0.490 e. The van der Waals surface area contributed by atoms with Gasteiger partial charge in [-0.3, -0.25) is 14.7 Å². The maximum absolute atomic E-state index is 13.6. The average molecular weight is 724 g/mol. The first-order valence-electron chi connectivity index (χ1n) is 15.8. The van der Waals surface area contributed by atoms with Crippen molar-refractivity contribution in [2.24, 2.45) is 0 Å². The Bertz CT molecular complexity index is 1760. The van der Waals surface area contributed by atoms with Gasteiger partial charge in [-0.1, -0.05) is 42.8 Å². The van der Waals surface area contributed by atoms with E-state index in [1.807, 2.05) is 47.1 Å². The van der Waals surface area contributed by atoms with Crippen LogP contribution in [-0.2, 0) is 29.1 Å². The molecule has 1 amide bonds. The van der Waals surface area contributed by atoms with Gasteiger partial charge in [0.1, 0.15) is 0 Å². The lowest BCUT2D eigenvalue weighted by Gasteiger charge is -2.27. The summed E-state index contributed by atoms with van der Waals surface area (Å²) >= 11 is 0. The highest BCUT2D eigenvalue weighted by Crippen LogP contribution is 2.30. The summed E-state index contributed by atoms with van der Waals surface area (Å²) in [7, 11) is 0. The Morgan fingerprint density at radius 1 is 0.824 bits per heavy atom. The van der Waals surface area contributed by atoms with Crippen LogP contribution in [0.25, 0.3) is 16.9 Å². The van der Waals surface area contributed by atoms with Gasteiger partial charge in [0, 0.05) is 50.7 Å². The Labute approximate surface area is 287 Å². The molecule has 0 bridgehead atoms. The van der Waals surface area contributed by atoms with Crippen LogP contribution in [0.15, 0.2) is 61.1 Å². The predicted octanol–water partition coefficient (Wildman–Crippen LogP) is 4.83. The van der Waals surface area contributed by atoms with Gasteiger partial charge in [-0.2, -0.15) is 31.4 Å². The Balaban J connectivity index is 0.000000353. The zero-order chi connectivity index (χ0) is 37.2. The summed E-state index contributed by atoms with van der Waals surface area (Å²) < 4.78 is 65.4. The molecule has 12 nitrogen and oxygen atoms in total. The van der Waals surface area contributed by atoms with E-state index in [9.17, 15) is 31.1 Å². The number of hydrogen-bond donors (Lipinski definition) is 3. The molecule has 18 heteroatoms. The molecule has 3 aromatic heterocycles. The van der Waals surface area contributed by atoms with Crippen LogP contribution in [0.1, 0.15) is 46.4 Å².